The molecule has 1 N–H and O–H groups in total. The number of aliphatic carboxylic acids is 1. The number of ether oxygens (including phenoxy) is 1. The van der Waals surface area contributed by atoms with Gasteiger partial charge in [0.25, 0.3) is 0 Å². The molecular formula is C22H31NO5. The van der Waals surface area contributed by atoms with E-state index in [9.17, 15) is 19.5 Å². The highest BCUT2D eigenvalue weighted by molar-refractivity contribution is 5.91. The van der Waals surface area contributed by atoms with Crippen LogP contribution >= 0.6 is 0 Å². The van der Waals surface area contributed by atoms with Crippen molar-refractivity contribution in [2.45, 2.75) is 71.1 Å². The first-order chi connectivity index (χ1) is 13.5. The molecule has 1 saturated heterocycles. The maximum Gasteiger partial charge on any atom is 0.318 e. The van der Waals surface area contributed by atoms with Crippen LogP contribution < -0.4 is 0 Å². The van der Waals surface area contributed by atoms with Crippen LogP contribution in [0.5, 0.6) is 0 Å². The van der Waals surface area contributed by atoms with Crippen LogP contribution in [0.4, 0.5) is 0 Å². The van der Waals surface area contributed by atoms with Crippen LogP contribution in [-0.2, 0) is 19.1 Å². The number of fused-ring (bicyclic) bond motifs is 1. The van der Waals surface area contributed by atoms with Crippen LogP contribution in [0.3, 0.4) is 0 Å². The van der Waals surface area contributed by atoms with E-state index in [2.05, 4.69) is 6.08 Å². The number of carboxylic acids is 1. The Kier molecular flexibility index (Phi) is 6.57. The summed E-state index contributed by atoms with van der Waals surface area (Å²) in [6.07, 6.45) is 11.9. The second-order valence-electron chi connectivity index (χ2n) is 8.13. The van der Waals surface area contributed by atoms with Gasteiger partial charge in [0, 0.05) is 12.2 Å². The first kappa shape index (κ1) is 20.6. The molecule has 2 aliphatic carbocycles. The van der Waals surface area contributed by atoms with Crippen LogP contribution in [0.15, 0.2) is 23.4 Å². The summed E-state index contributed by atoms with van der Waals surface area (Å²) in [5, 5.41) is 9.31. The Morgan fingerprint density at radius 3 is 2.71 bits per heavy atom. The van der Waals surface area contributed by atoms with E-state index in [0.29, 0.717) is 13.0 Å². The third kappa shape index (κ3) is 4.15. The fourth-order valence-electron chi connectivity index (χ4n) is 4.94. The second kappa shape index (κ2) is 8.93. The van der Waals surface area contributed by atoms with E-state index in [0.717, 1.165) is 37.8 Å². The molecule has 0 unspecified atom stereocenters. The number of rotatable bonds is 7. The molecule has 6 heteroatoms. The quantitative estimate of drug-likeness (QED) is 0.529. The fourth-order valence-corrected chi connectivity index (χ4v) is 4.94. The van der Waals surface area contributed by atoms with Crippen LogP contribution in [0, 0.1) is 11.3 Å². The summed E-state index contributed by atoms with van der Waals surface area (Å²) in [5.74, 6) is -2.16. The van der Waals surface area contributed by atoms with Gasteiger partial charge in [-0.3, -0.25) is 14.4 Å². The molecule has 2 atom stereocenters. The molecule has 0 bridgehead atoms. The second-order valence-corrected chi connectivity index (χ2v) is 8.13. The minimum absolute atomic E-state index is 0.160. The molecule has 0 saturated carbocycles. The summed E-state index contributed by atoms with van der Waals surface area (Å²) < 4.78 is 5.40. The van der Waals surface area contributed by atoms with Gasteiger partial charge in [0.1, 0.15) is 5.41 Å². The highest BCUT2D eigenvalue weighted by Crippen LogP contribution is 2.50. The summed E-state index contributed by atoms with van der Waals surface area (Å²) in [4.78, 5) is 39.2. The lowest BCUT2D eigenvalue weighted by atomic mass is 9.66. The Balaban J connectivity index is 1.90. The molecular weight excluding hydrogens is 358 g/mol. The van der Waals surface area contributed by atoms with Crippen molar-refractivity contribution in [1.29, 1.82) is 0 Å². The van der Waals surface area contributed by atoms with E-state index in [-0.39, 0.29) is 31.3 Å². The topological polar surface area (TPSA) is 83.9 Å². The summed E-state index contributed by atoms with van der Waals surface area (Å²) in [6.45, 7) is 2.56. The van der Waals surface area contributed by atoms with Gasteiger partial charge >= 0.3 is 11.9 Å². The van der Waals surface area contributed by atoms with E-state index in [1.54, 1.807) is 11.8 Å². The molecule has 28 heavy (non-hydrogen) atoms. The van der Waals surface area contributed by atoms with Crippen molar-refractivity contribution in [2.75, 3.05) is 13.2 Å². The maximum atomic E-state index is 13.2. The van der Waals surface area contributed by atoms with Gasteiger partial charge in [-0.1, -0.05) is 17.7 Å². The zero-order valence-corrected chi connectivity index (χ0v) is 16.7. The van der Waals surface area contributed by atoms with Crippen molar-refractivity contribution < 1.29 is 24.2 Å². The van der Waals surface area contributed by atoms with E-state index >= 15 is 0 Å². The average Bonchev–Trinajstić information content (AvgIpc) is 2.68. The summed E-state index contributed by atoms with van der Waals surface area (Å²) in [6, 6.07) is 0. The van der Waals surface area contributed by atoms with Gasteiger partial charge in [0.15, 0.2) is 0 Å². The van der Waals surface area contributed by atoms with Crippen LogP contribution in [-0.4, -0.2) is 41.0 Å². The highest BCUT2D eigenvalue weighted by atomic mass is 16.5. The van der Waals surface area contributed by atoms with Gasteiger partial charge in [-0.25, -0.2) is 0 Å². The molecule has 154 valence electrons. The first-order valence-corrected chi connectivity index (χ1v) is 10.6. The Morgan fingerprint density at radius 1 is 1.25 bits per heavy atom. The molecule has 0 aromatic heterocycles. The van der Waals surface area contributed by atoms with Crippen molar-refractivity contribution in [3.8, 4) is 0 Å². The van der Waals surface area contributed by atoms with Crippen LogP contribution in [0.25, 0.3) is 0 Å². The van der Waals surface area contributed by atoms with Crippen molar-refractivity contribution >= 4 is 17.8 Å². The van der Waals surface area contributed by atoms with E-state index in [1.165, 1.54) is 18.4 Å². The number of nitrogens with zero attached hydrogens (tertiary/aromatic N) is 1. The molecule has 0 aromatic carbocycles. The Hall–Kier alpha value is -2.11. The number of piperidine rings is 1. The normalized spacial score (nSPS) is 27.5. The summed E-state index contributed by atoms with van der Waals surface area (Å²) in [5.41, 5.74) is 1.22. The van der Waals surface area contributed by atoms with E-state index in [4.69, 9.17) is 4.74 Å². The Bertz CT molecular complexity index is 695. The highest BCUT2D eigenvalue weighted by Gasteiger charge is 2.54. The van der Waals surface area contributed by atoms with Gasteiger partial charge in [-0.15, -0.1) is 0 Å². The van der Waals surface area contributed by atoms with E-state index in [1.807, 2.05) is 6.08 Å². The number of likely N-dealkylation sites (tertiary alicyclic amines) is 1. The molecule has 1 aliphatic heterocycles. The Labute approximate surface area is 166 Å². The zero-order valence-electron chi connectivity index (χ0n) is 16.7. The minimum atomic E-state index is -1.00. The molecule has 1 amide bonds. The molecule has 0 radical (unpaired) electrons. The number of allylic oxidation sites excluding steroid dienone is 2. The van der Waals surface area contributed by atoms with Crippen molar-refractivity contribution in [3.05, 3.63) is 23.4 Å². The molecule has 6 nitrogen and oxygen atoms in total. The molecule has 3 rings (SSSR count). The lowest BCUT2D eigenvalue weighted by molar-refractivity contribution is -0.163. The Morgan fingerprint density at radius 2 is 2.04 bits per heavy atom. The average molecular weight is 389 g/mol. The fraction of sp³-hybridized carbons (Fsp3) is 0.682. The molecule has 0 spiro atoms. The lowest BCUT2D eigenvalue weighted by Gasteiger charge is -2.48. The largest absolute Gasteiger partial charge is 0.481 e. The predicted octanol–water partition coefficient (Wildman–Crippen LogP) is 3.82. The van der Waals surface area contributed by atoms with Gasteiger partial charge < -0.3 is 14.7 Å². The van der Waals surface area contributed by atoms with Gasteiger partial charge in [-0.2, -0.15) is 0 Å². The molecule has 0 aromatic rings. The molecule has 1 heterocycles. The van der Waals surface area contributed by atoms with Gasteiger partial charge in [0.2, 0.25) is 5.91 Å². The summed E-state index contributed by atoms with van der Waals surface area (Å²) in [7, 11) is 0. The minimum Gasteiger partial charge on any atom is -0.481 e. The van der Waals surface area contributed by atoms with Gasteiger partial charge in [-0.05, 0) is 64.7 Å². The monoisotopic (exact) mass is 389 g/mol. The molecule has 1 fully saturated rings. The van der Waals surface area contributed by atoms with Crippen molar-refractivity contribution in [3.63, 3.8) is 0 Å². The van der Waals surface area contributed by atoms with Crippen LogP contribution in [0.2, 0.25) is 0 Å². The molecule has 3 aliphatic rings. The van der Waals surface area contributed by atoms with Gasteiger partial charge in [0.05, 0.1) is 18.9 Å². The number of hydrogen-bond acceptors (Lipinski definition) is 4. The number of hydrogen-bond donors (Lipinski definition) is 1. The van der Waals surface area contributed by atoms with Crippen molar-refractivity contribution in [1.82, 2.24) is 4.90 Å². The third-order valence-electron chi connectivity index (χ3n) is 6.27. The zero-order chi connectivity index (χ0) is 20.1. The third-order valence-corrected chi connectivity index (χ3v) is 6.27. The van der Waals surface area contributed by atoms with E-state index < -0.39 is 17.3 Å². The SMILES string of the molecule is CCOC(=O)[C@]12CCCC=C1N(CCC1=CCCCC1)C(=O)[C@@H](CC(=O)O)C2. The number of amides is 1. The number of carbonyl (C=O) groups excluding carboxylic acids is 2. The van der Waals surface area contributed by atoms with Crippen LogP contribution in [0.1, 0.15) is 71.1 Å². The summed E-state index contributed by atoms with van der Waals surface area (Å²) >= 11 is 0. The number of esters is 1. The number of carboxylic acid groups (broad SMARTS) is 1. The predicted molar refractivity (Wildman–Crippen MR) is 104 cm³/mol. The lowest BCUT2D eigenvalue weighted by Crippen LogP contribution is -2.54. The smallest absolute Gasteiger partial charge is 0.318 e. The first-order valence-electron chi connectivity index (χ1n) is 10.6. The maximum absolute atomic E-state index is 13.2. The number of carbonyl (C=O) groups is 3. The standard InChI is InChI=1S/C22H31NO5/c1-2-28-21(27)22-12-7-6-10-18(22)23(13-11-16-8-4-3-5-9-16)20(26)17(15-22)14-19(24)25/h8,10,17H,2-7,9,11-15H2,1H3,(H,24,25)/t17-,22-/m0/s1. The van der Waals surface area contributed by atoms with Crippen molar-refractivity contribution in [2.24, 2.45) is 11.3 Å².